The van der Waals surface area contributed by atoms with Gasteiger partial charge in [0.1, 0.15) is 5.82 Å². The van der Waals surface area contributed by atoms with Crippen LogP contribution in [-0.2, 0) is 16.0 Å². The summed E-state index contributed by atoms with van der Waals surface area (Å²) in [6.45, 7) is 1.82. The van der Waals surface area contributed by atoms with Crippen molar-refractivity contribution in [2.75, 3.05) is 7.11 Å². The average molecular weight is 240 g/mol. The monoisotopic (exact) mass is 240 g/mol. The van der Waals surface area contributed by atoms with Gasteiger partial charge in [-0.05, 0) is 37.5 Å². The molecule has 0 aliphatic heterocycles. The smallest absolute Gasteiger partial charge is 0.306 e. The van der Waals surface area contributed by atoms with Crippen molar-refractivity contribution in [3.63, 3.8) is 0 Å². The van der Waals surface area contributed by atoms with Crippen LogP contribution >= 0.6 is 0 Å². The van der Waals surface area contributed by atoms with Gasteiger partial charge in [-0.15, -0.1) is 0 Å². The minimum atomic E-state index is -0.877. The van der Waals surface area contributed by atoms with E-state index in [-0.39, 0.29) is 11.9 Å². The maximum absolute atomic E-state index is 13.0. The number of halogens is 1. The fourth-order valence-electron chi connectivity index (χ4n) is 1.72. The normalized spacial score (nSPS) is 14.3. The molecule has 0 saturated heterocycles. The Hall–Kier alpha value is -1.42. The van der Waals surface area contributed by atoms with Gasteiger partial charge in [-0.25, -0.2) is 4.39 Å². The van der Waals surface area contributed by atoms with E-state index in [0.717, 1.165) is 0 Å². The van der Waals surface area contributed by atoms with Crippen molar-refractivity contribution in [1.82, 2.24) is 0 Å². The third-order valence-electron chi connectivity index (χ3n) is 2.74. The summed E-state index contributed by atoms with van der Waals surface area (Å²) in [5.41, 5.74) is 0.695. The first-order chi connectivity index (χ1) is 8.02. The highest BCUT2D eigenvalue weighted by atomic mass is 19.1. The Morgan fingerprint density at radius 2 is 2.24 bits per heavy atom. The number of methoxy groups -OCH3 is 1. The van der Waals surface area contributed by atoms with E-state index in [0.29, 0.717) is 18.4 Å². The predicted octanol–water partition coefficient (Wildman–Crippen LogP) is 2.49. The van der Waals surface area contributed by atoms with E-state index in [4.69, 9.17) is 9.84 Å². The Kier molecular flexibility index (Phi) is 5.10. The van der Waals surface area contributed by atoms with Gasteiger partial charge in [0.15, 0.2) is 0 Å². The van der Waals surface area contributed by atoms with Gasteiger partial charge in [-0.1, -0.05) is 12.1 Å². The summed E-state index contributed by atoms with van der Waals surface area (Å²) >= 11 is 0. The molecule has 1 N–H and O–H groups in total. The molecule has 3 nitrogen and oxygen atoms in total. The molecule has 0 saturated carbocycles. The molecule has 1 aromatic rings. The van der Waals surface area contributed by atoms with Crippen molar-refractivity contribution in [2.24, 2.45) is 5.92 Å². The highest BCUT2D eigenvalue weighted by Gasteiger charge is 2.20. The van der Waals surface area contributed by atoms with Crippen LogP contribution in [0.1, 0.15) is 18.9 Å². The standard InChI is InChI=1S/C13H17FO3/c1-9(17-2)6-11(13(15)16)7-10-4-3-5-12(14)8-10/h3-5,8-9,11H,6-7H2,1-2H3,(H,15,16). The number of ether oxygens (including phenoxy) is 1. The molecule has 0 aliphatic carbocycles. The Bertz CT molecular complexity index is 379. The average Bonchev–Trinajstić information content (AvgIpc) is 2.27. The molecule has 94 valence electrons. The first-order valence-electron chi connectivity index (χ1n) is 5.53. The number of carboxylic acids is 1. The molecule has 1 aromatic carbocycles. The molecular formula is C13H17FO3. The molecule has 17 heavy (non-hydrogen) atoms. The Morgan fingerprint density at radius 3 is 2.76 bits per heavy atom. The van der Waals surface area contributed by atoms with Gasteiger partial charge in [0.05, 0.1) is 12.0 Å². The van der Waals surface area contributed by atoms with E-state index in [9.17, 15) is 9.18 Å². The van der Waals surface area contributed by atoms with Crippen molar-refractivity contribution in [1.29, 1.82) is 0 Å². The molecule has 4 heteroatoms. The zero-order valence-electron chi connectivity index (χ0n) is 10.0. The third-order valence-corrected chi connectivity index (χ3v) is 2.74. The first kappa shape index (κ1) is 13.6. The molecule has 2 atom stereocenters. The highest BCUT2D eigenvalue weighted by molar-refractivity contribution is 5.70. The lowest BCUT2D eigenvalue weighted by Crippen LogP contribution is -2.22. The minimum absolute atomic E-state index is 0.121. The Labute approximate surface area is 100 Å². The van der Waals surface area contributed by atoms with Crippen LogP contribution in [0, 0.1) is 11.7 Å². The van der Waals surface area contributed by atoms with E-state index in [1.807, 2.05) is 6.92 Å². The molecule has 0 bridgehead atoms. The van der Waals surface area contributed by atoms with Crippen LogP contribution < -0.4 is 0 Å². The summed E-state index contributed by atoms with van der Waals surface area (Å²) in [4.78, 5) is 11.1. The fourth-order valence-corrected chi connectivity index (χ4v) is 1.72. The summed E-state index contributed by atoms with van der Waals surface area (Å²) in [6, 6.07) is 6.03. The van der Waals surface area contributed by atoms with Gasteiger partial charge in [0.2, 0.25) is 0 Å². The number of carbonyl (C=O) groups is 1. The highest BCUT2D eigenvalue weighted by Crippen LogP contribution is 2.16. The Morgan fingerprint density at radius 1 is 1.53 bits per heavy atom. The van der Waals surface area contributed by atoms with Crippen LogP contribution in [0.4, 0.5) is 4.39 Å². The second kappa shape index (κ2) is 6.35. The lowest BCUT2D eigenvalue weighted by atomic mass is 9.94. The summed E-state index contributed by atoms with van der Waals surface area (Å²) in [5, 5.41) is 9.10. The SMILES string of the molecule is COC(C)CC(Cc1cccc(F)c1)C(=O)O. The quantitative estimate of drug-likeness (QED) is 0.831. The van der Waals surface area contributed by atoms with Crippen LogP contribution in [-0.4, -0.2) is 24.3 Å². The predicted molar refractivity (Wildman–Crippen MR) is 62.3 cm³/mol. The summed E-state index contributed by atoms with van der Waals surface area (Å²) in [7, 11) is 1.55. The molecule has 1 rings (SSSR count). The summed E-state index contributed by atoms with van der Waals surface area (Å²) < 4.78 is 18.0. The number of benzene rings is 1. The van der Waals surface area contributed by atoms with Crippen molar-refractivity contribution >= 4 is 5.97 Å². The fraction of sp³-hybridized carbons (Fsp3) is 0.462. The number of rotatable bonds is 6. The van der Waals surface area contributed by atoms with Gasteiger partial charge < -0.3 is 9.84 Å². The van der Waals surface area contributed by atoms with Crippen molar-refractivity contribution < 1.29 is 19.0 Å². The van der Waals surface area contributed by atoms with Gasteiger partial charge >= 0.3 is 5.97 Å². The van der Waals surface area contributed by atoms with Gasteiger partial charge in [-0.3, -0.25) is 4.79 Å². The maximum Gasteiger partial charge on any atom is 0.306 e. The van der Waals surface area contributed by atoms with Crippen LogP contribution in [0.2, 0.25) is 0 Å². The second-order valence-electron chi connectivity index (χ2n) is 4.15. The maximum atomic E-state index is 13.0. The van der Waals surface area contributed by atoms with E-state index >= 15 is 0 Å². The van der Waals surface area contributed by atoms with E-state index in [1.165, 1.54) is 12.1 Å². The van der Waals surface area contributed by atoms with Gasteiger partial charge in [0.25, 0.3) is 0 Å². The minimum Gasteiger partial charge on any atom is -0.481 e. The lowest BCUT2D eigenvalue weighted by Gasteiger charge is -2.16. The second-order valence-corrected chi connectivity index (χ2v) is 4.15. The molecule has 0 fully saturated rings. The first-order valence-corrected chi connectivity index (χ1v) is 5.53. The molecular weight excluding hydrogens is 223 g/mol. The van der Waals surface area contributed by atoms with Gasteiger partial charge in [0, 0.05) is 7.11 Å². The number of carboxylic acid groups (broad SMARTS) is 1. The van der Waals surface area contributed by atoms with E-state index < -0.39 is 11.9 Å². The lowest BCUT2D eigenvalue weighted by molar-refractivity contribution is -0.142. The van der Waals surface area contributed by atoms with Gasteiger partial charge in [-0.2, -0.15) is 0 Å². The van der Waals surface area contributed by atoms with Crippen molar-refractivity contribution in [3.05, 3.63) is 35.6 Å². The molecule has 0 aromatic heterocycles. The number of aliphatic carboxylic acids is 1. The Balaban J connectivity index is 2.70. The number of hydrogen-bond acceptors (Lipinski definition) is 2. The summed E-state index contributed by atoms with van der Waals surface area (Å²) in [6.07, 6.45) is 0.619. The molecule has 0 radical (unpaired) electrons. The third kappa shape index (κ3) is 4.53. The van der Waals surface area contributed by atoms with Crippen molar-refractivity contribution in [3.8, 4) is 0 Å². The molecule has 0 aliphatic rings. The number of hydrogen-bond donors (Lipinski definition) is 1. The molecule has 0 heterocycles. The molecule has 2 unspecified atom stereocenters. The van der Waals surface area contributed by atoms with E-state index in [1.54, 1.807) is 19.2 Å². The van der Waals surface area contributed by atoms with Crippen LogP contribution in [0.15, 0.2) is 24.3 Å². The van der Waals surface area contributed by atoms with Crippen molar-refractivity contribution in [2.45, 2.75) is 25.9 Å². The van der Waals surface area contributed by atoms with Crippen LogP contribution in [0.25, 0.3) is 0 Å². The zero-order valence-corrected chi connectivity index (χ0v) is 10.0. The zero-order chi connectivity index (χ0) is 12.8. The summed E-state index contributed by atoms with van der Waals surface area (Å²) in [5.74, 6) is -1.77. The molecule has 0 amide bonds. The van der Waals surface area contributed by atoms with Crippen LogP contribution in [0.3, 0.4) is 0 Å². The largest absolute Gasteiger partial charge is 0.481 e. The molecule has 0 spiro atoms. The topological polar surface area (TPSA) is 46.5 Å². The van der Waals surface area contributed by atoms with Crippen LogP contribution in [0.5, 0.6) is 0 Å². The van der Waals surface area contributed by atoms with E-state index in [2.05, 4.69) is 0 Å².